The van der Waals surface area contributed by atoms with E-state index in [2.05, 4.69) is 15.9 Å². The number of primary amides is 1. The van der Waals surface area contributed by atoms with E-state index in [-0.39, 0.29) is 5.75 Å². The normalized spacial score (nSPS) is 14.6. The van der Waals surface area contributed by atoms with Crippen LogP contribution < -0.4 is 5.73 Å². The van der Waals surface area contributed by atoms with Gasteiger partial charge in [0.15, 0.2) is 5.60 Å². The van der Waals surface area contributed by atoms with E-state index in [0.29, 0.717) is 10.0 Å². The summed E-state index contributed by atoms with van der Waals surface area (Å²) < 4.78 is 5.69. The van der Waals surface area contributed by atoms with E-state index < -0.39 is 11.5 Å². The van der Waals surface area contributed by atoms with Crippen molar-refractivity contribution in [3.8, 4) is 5.75 Å². The number of hydrogen-bond donors (Lipinski definition) is 2. The van der Waals surface area contributed by atoms with E-state index in [1.807, 2.05) is 0 Å². The molecule has 4 nitrogen and oxygen atoms in total. The Hall–Kier alpha value is -1.07. The number of carbonyl (C=O) groups excluding carboxylic acids is 1. The predicted molar refractivity (Wildman–Crippen MR) is 59.4 cm³/mol. The Morgan fingerprint density at radius 3 is 2.60 bits per heavy atom. The van der Waals surface area contributed by atoms with Gasteiger partial charge in [0.25, 0.3) is 5.91 Å². The number of ether oxygens (including phenoxy) is 1. The Kier molecular flexibility index (Phi) is 3.36. The maximum atomic E-state index is 11.3. The van der Waals surface area contributed by atoms with Crippen molar-refractivity contribution in [3.05, 3.63) is 28.2 Å². The zero-order valence-corrected chi connectivity index (χ0v) is 10.0. The molecule has 0 aliphatic rings. The molecule has 3 N–H and O–H groups in total. The Balaban J connectivity index is 3.30. The SMILES string of the molecule is COC(C)(C(N)=O)c1ccc(O)cc1Br. The van der Waals surface area contributed by atoms with Gasteiger partial charge in [0.05, 0.1) is 0 Å². The van der Waals surface area contributed by atoms with Crippen molar-refractivity contribution >= 4 is 21.8 Å². The van der Waals surface area contributed by atoms with Crippen LogP contribution >= 0.6 is 15.9 Å². The summed E-state index contributed by atoms with van der Waals surface area (Å²) in [5.74, 6) is -0.482. The Bertz CT molecular complexity index is 394. The zero-order chi connectivity index (χ0) is 11.6. The molecular formula is C10H12BrNO3. The lowest BCUT2D eigenvalue weighted by Crippen LogP contribution is -2.40. The summed E-state index contributed by atoms with van der Waals surface area (Å²) in [4.78, 5) is 11.3. The van der Waals surface area contributed by atoms with E-state index in [4.69, 9.17) is 10.5 Å². The van der Waals surface area contributed by atoms with Crippen molar-refractivity contribution < 1.29 is 14.6 Å². The van der Waals surface area contributed by atoms with Crippen LogP contribution in [0.3, 0.4) is 0 Å². The van der Waals surface area contributed by atoms with Crippen LogP contribution in [0.4, 0.5) is 0 Å². The largest absolute Gasteiger partial charge is 0.508 e. The third kappa shape index (κ3) is 2.13. The Labute approximate surface area is 96.2 Å². The smallest absolute Gasteiger partial charge is 0.254 e. The van der Waals surface area contributed by atoms with Crippen LogP contribution in [0.2, 0.25) is 0 Å². The summed E-state index contributed by atoms with van der Waals surface area (Å²) in [7, 11) is 1.41. The van der Waals surface area contributed by atoms with Gasteiger partial charge in [-0.2, -0.15) is 0 Å². The van der Waals surface area contributed by atoms with Crippen LogP contribution in [-0.4, -0.2) is 18.1 Å². The number of aromatic hydroxyl groups is 1. The van der Waals surface area contributed by atoms with E-state index in [1.54, 1.807) is 13.0 Å². The molecule has 0 aliphatic heterocycles. The van der Waals surface area contributed by atoms with Crippen molar-refractivity contribution in [2.75, 3.05) is 7.11 Å². The molecule has 0 heterocycles. The number of halogens is 1. The fourth-order valence-corrected chi connectivity index (χ4v) is 1.98. The summed E-state index contributed by atoms with van der Waals surface area (Å²) in [6, 6.07) is 4.55. The minimum atomic E-state index is -1.20. The minimum absolute atomic E-state index is 0.105. The van der Waals surface area contributed by atoms with Crippen molar-refractivity contribution in [2.45, 2.75) is 12.5 Å². The van der Waals surface area contributed by atoms with Crippen molar-refractivity contribution in [3.63, 3.8) is 0 Å². The van der Waals surface area contributed by atoms with Crippen LogP contribution in [0.25, 0.3) is 0 Å². The second kappa shape index (κ2) is 4.20. The van der Waals surface area contributed by atoms with Crippen LogP contribution in [0.5, 0.6) is 5.75 Å². The second-order valence-corrected chi connectivity index (χ2v) is 4.12. The number of carbonyl (C=O) groups is 1. The molecule has 0 fully saturated rings. The molecule has 1 atom stereocenters. The molecule has 0 saturated carbocycles. The number of hydrogen-bond acceptors (Lipinski definition) is 3. The summed E-state index contributed by atoms with van der Waals surface area (Å²) in [6.07, 6.45) is 0. The summed E-state index contributed by atoms with van der Waals surface area (Å²) in [6.45, 7) is 1.58. The number of nitrogens with two attached hydrogens (primary N) is 1. The first-order valence-electron chi connectivity index (χ1n) is 4.26. The van der Waals surface area contributed by atoms with Crippen LogP contribution in [0.15, 0.2) is 22.7 Å². The summed E-state index contributed by atoms with van der Waals surface area (Å²) >= 11 is 3.24. The Morgan fingerprint density at radius 2 is 2.20 bits per heavy atom. The van der Waals surface area contributed by atoms with E-state index in [0.717, 1.165) is 0 Å². The third-order valence-electron chi connectivity index (χ3n) is 2.35. The predicted octanol–water partition coefficient (Wildman–Crippen LogP) is 1.50. The second-order valence-electron chi connectivity index (χ2n) is 3.27. The number of amides is 1. The van der Waals surface area contributed by atoms with Crippen LogP contribution in [0.1, 0.15) is 12.5 Å². The summed E-state index contributed by atoms with van der Waals surface area (Å²) in [5.41, 5.74) is 4.65. The lowest BCUT2D eigenvalue weighted by Gasteiger charge is -2.25. The number of benzene rings is 1. The quantitative estimate of drug-likeness (QED) is 0.877. The molecule has 1 amide bonds. The van der Waals surface area contributed by atoms with Gasteiger partial charge in [0.1, 0.15) is 5.75 Å². The lowest BCUT2D eigenvalue weighted by molar-refractivity contribution is -0.139. The van der Waals surface area contributed by atoms with Crippen molar-refractivity contribution in [2.24, 2.45) is 5.73 Å². The fourth-order valence-electron chi connectivity index (χ4n) is 1.23. The van der Waals surface area contributed by atoms with E-state index in [9.17, 15) is 9.90 Å². The topological polar surface area (TPSA) is 72.5 Å². The molecule has 1 aromatic carbocycles. The van der Waals surface area contributed by atoms with Gasteiger partial charge in [-0.05, 0) is 19.1 Å². The van der Waals surface area contributed by atoms with E-state index >= 15 is 0 Å². The molecule has 15 heavy (non-hydrogen) atoms. The van der Waals surface area contributed by atoms with Gasteiger partial charge in [-0.25, -0.2) is 0 Å². The highest BCUT2D eigenvalue weighted by atomic mass is 79.9. The molecule has 5 heteroatoms. The van der Waals surface area contributed by atoms with Gasteiger partial charge >= 0.3 is 0 Å². The molecule has 0 aliphatic carbocycles. The monoisotopic (exact) mass is 273 g/mol. The van der Waals surface area contributed by atoms with Gasteiger partial charge in [0.2, 0.25) is 0 Å². The summed E-state index contributed by atoms with van der Waals surface area (Å²) in [5, 5.41) is 9.23. The average molecular weight is 274 g/mol. The lowest BCUT2D eigenvalue weighted by atomic mass is 9.95. The molecule has 0 radical (unpaired) electrons. The third-order valence-corrected chi connectivity index (χ3v) is 3.00. The average Bonchev–Trinajstić information content (AvgIpc) is 2.16. The standard InChI is InChI=1S/C10H12BrNO3/c1-10(15-2,9(12)14)7-4-3-6(13)5-8(7)11/h3-5,13H,1-2H3,(H2,12,14). The minimum Gasteiger partial charge on any atom is -0.508 e. The first-order chi connectivity index (χ1) is 6.91. The van der Waals surface area contributed by atoms with Gasteiger partial charge in [-0.1, -0.05) is 22.0 Å². The number of methoxy groups -OCH3 is 1. The van der Waals surface area contributed by atoms with Crippen LogP contribution in [-0.2, 0) is 15.1 Å². The first-order valence-corrected chi connectivity index (χ1v) is 5.05. The van der Waals surface area contributed by atoms with Gasteiger partial charge in [-0.15, -0.1) is 0 Å². The van der Waals surface area contributed by atoms with E-state index in [1.165, 1.54) is 19.2 Å². The van der Waals surface area contributed by atoms with Crippen molar-refractivity contribution in [1.82, 2.24) is 0 Å². The fraction of sp³-hybridized carbons (Fsp3) is 0.300. The molecule has 1 unspecified atom stereocenters. The highest BCUT2D eigenvalue weighted by Crippen LogP contribution is 2.33. The van der Waals surface area contributed by atoms with Crippen molar-refractivity contribution in [1.29, 1.82) is 0 Å². The van der Waals surface area contributed by atoms with Gasteiger partial charge in [-0.3, -0.25) is 4.79 Å². The molecule has 0 aromatic heterocycles. The molecular weight excluding hydrogens is 262 g/mol. The maximum Gasteiger partial charge on any atom is 0.254 e. The number of phenolic OH excluding ortho intramolecular Hbond substituents is 1. The van der Waals surface area contributed by atoms with Crippen LogP contribution in [0, 0.1) is 0 Å². The maximum absolute atomic E-state index is 11.3. The first kappa shape index (κ1) is 12.0. The molecule has 0 spiro atoms. The zero-order valence-electron chi connectivity index (χ0n) is 8.45. The van der Waals surface area contributed by atoms with Gasteiger partial charge in [0, 0.05) is 17.1 Å². The number of rotatable bonds is 3. The molecule has 0 bridgehead atoms. The Morgan fingerprint density at radius 1 is 1.60 bits per heavy atom. The van der Waals surface area contributed by atoms with Gasteiger partial charge < -0.3 is 15.6 Å². The molecule has 0 saturated heterocycles. The molecule has 1 rings (SSSR count). The number of phenols is 1. The molecule has 1 aromatic rings. The highest BCUT2D eigenvalue weighted by Gasteiger charge is 2.34. The molecule has 82 valence electrons. The highest BCUT2D eigenvalue weighted by molar-refractivity contribution is 9.10.